The van der Waals surface area contributed by atoms with Crippen molar-refractivity contribution in [3.63, 3.8) is 0 Å². The van der Waals surface area contributed by atoms with E-state index < -0.39 is 5.54 Å². The lowest BCUT2D eigenvalue weighted by Gasteiger charge is -2.34. The van der Waals surface area contributed by atoms with Crippen LogP contribution < -0.4 is 4.90 Å². The van der Waals surface area contributed by atoms with Crippen molar-refractivity contribution in [3.05, 3.63) is 52.2 Å². The van der Waals surface area contributed by atoms with Gasteiger partial charge in [0.25, 0.3) is 0 Å². The second-order valence-electron chi connectivity index (χ2n) is 4.81. The van der Waals surface area contributed by atoms with E-state index in [0.29, 0.717) is 11.5 Å². The summed E-state index contributed by atoms with van der Waals surface area (Å²) in [5.41, 5.74) is 0.865. The van der Waals surface area contributed by atoms with Gasteiger partial charge >= 0.3 is 5.97 Å². The predicted molar refractivity (Wildman–Crippen MR) is 89.2 cm³/mol. The lowest BCUT2D eigenvalue weighted by molar-refractivity contribution is -0.146. The number of thiocarbonyl (C=S) groups is 1. The van der Waals surface area contributed by atoms with Gasteiger partial charge in [0.1, 0.15) is 0 Å². The summed E-state index contributed by atoms with van der Waals surface area (Å²) in [5, 5.41) is 1.95. The number of esters is 1. The van der Waals surface area contributed by atoms with Gasteiger partial charge in [-0.25, -0.2) is 4.79 Å². The number of nitrogens with zero attached hydrogens (tertiary/aromatic N) is 1. The van der Waals surface area contributed by atoms with Crippen LogP contribution in [0.3, 0.4) is 0 Å². The topological polar surface area (TPSA) is 29.5 Å². The van der Waals surface area contributed by atoms with Gasteiger partial charge in [-0.3, -0.25) is 0 Å². The minimum atomic E-state index is -1.02. The highest BCUT2D eigenvalue weighted by atomic mass is 32.1. The summed E-state index contributed by atoms with van der Waals surface area (Å²) in [7, 11) is 1.90. The Hall–Kier alpha value is -1.72. The Morgan fingerprint density at radius 1 is 1.33 bits per heavy atom. The number of rotatable bonds is 3. The summed E-state index contributed by atoms with van der Waals surface area (Å²) in [5.74, 6) is -0.309. The van der Waals surface area contributed by atoms with E-state index >= 15 is 0 Å². The van der Waals surface area contributed by atoms with Gasteiger partial charge in [-0.2, -0.15) is 0 Å². The lowest BCUT2D eigenvalue weighted by Crippen LogP contribution is -2.52. The number of likely N-dealkylation sites (N-methyl/N-ethyl adjacent to an activating group) is 1. The van der Waals surface area contributed by atoms with E-state index in [1.807, 2.05) is 60.6 Å². The van der Waals surface area contributed by atoms with Crippen molar-refractivity contribution in [1.82, 2.24) is 0 Å². The standard InChI is InChI=1S/C16H15NO2S2/c1-3-19-15(18)16(13-9-6-10-21-13)14(20)11-7-4-5-8-12(11)17(16)2/h4-10H,3H2,1-2H3/t16-/m1/s1. The fourth-order valence-electron chi connectivity index (χ4n) is 2.81. The van der Waals surface area contributed by atoms with Gasteiger partial charge in [-0.1, -0.05) is 36.5 Å². The molecule has 2 aromatic rings. The van der Waals surface area contributed by atoms with Gasteiger partial charge in [-0.05, 0) is 24.4 Å². The Balaban J connectivity index is 2.24. The summed E-state index contributed by atoms with van der Waals surface area (Å²) >= 11 is 7.21. The molecule has 0 N–H and O–H groups in total. The molecule has 1 aromatic carbocycles. The normalized spacial score (nSPS) is 20.5. The molecule has 0 unspecified atom stereocenters. The SMILES string of the molecule is CCOC(=O)[C@@]1(c2cccs2)C(=S)c2ccccc2N1C. The van der Waals surface area contributed by atoms with E-state index in [1.54, 1.807) is 0 Å². The van der Waals surface area contributed by atoms with Gasteiger partial charge < -0.3 is 9.64 Å². The number of anilines is 1. The number of carbonyl (C=O) groups is 1. The summed E-state index contributed by atoms with van der Waals surface area (Å²) in [4.78, 5) is 16.3. The molecular formula is C16H15NO2S2. The Morgan fingerprint density at radius 3 is 2.71 bits per heavy atom. The number of hydrogen-bond acceptors (Lipinski definition) is 5. The highest BCUT2D eigenvalue weighted by Gasteiger charge is 2.55. The van der Waals surface area contributed by atoms with Crippen LogP contribution in [0.1, 0.15) is 17.4 Å². The van der Waals surface area contributed by atoms with E-state index in [4.69, 9.17) is 17.0 Å². The fraction of sp³-hybridized carbons (Fsp3) is 0.250. The van der Waals surface area contributed by atoms with Gasteiger partial charge in [-0.15, -0.1) is 11.3 Å². The molecule has 1 aromatic heterocycles. The maximum atomic E-state index is 12.8. The monoisotopic (exact) mass is 317 g/mol. The third-order valence-corrected chi connectivity index (χ3v) is 5.28. The van der Waals surface area contributed by atoms with E-state index in [9.17, 15) is 4.79 Å². The van der Waals surface area contributed by atoms with Crippen LogP contribution in [-0.2, 0) is 15.1 Å². The van der Waals surface area contributed by atoms with Crippen molar-refractivity contribution < 1.29 is 9.53 Å². The Labute approximate surface area is 133 Å². The molecule has 1 aliphatic rings. The highest BCUT2D eigenvalue weighted by Crippen LogP contribution is 2.46. The van der Waals surface area contributed by atoms with Crippen molar-refractivity contribution in [2.75, 3.05) is 18.6 Å². The average molecular weight is 317 g/mol. The predicted octanol–water partition coefficient (Wildman–Crippen LogP) is 3.37. The minimum Gasteiger partial charge on any atom is -0.464 e. The van der Waals surface area contributed by atoms with Crippen molar-refractivity contribution in [1.29, 1.82) is 0 Å². The molecule has 0 saturated heterocycles. The molecule has 1 aliphatic heterocycles. The van der Waals surface area contributed by atoms with Crippen LogP contribution >= 0.6 is 23.6 Å². The average Bonchev–Trinajstić information content (AvgIpc) is 3.08. The number of thiophene rings is 1. The maximum absolute atomic E-state index is 12.8. The molecule has 0 radical (unpaired) electrons. The molecule has 0 amide bonds. The van der Waals surface area contributed by atoms with Crippen LogP contribution in [0.15, 0.2) is 41.8 Å². The first kappa shape index (κ1) is 14.2. The van der Waals surface area contributed by atoms with Crippen LogP contribution in [0, 0.1) is 0 Å². The van der Waals surface area contributed by atoms with Crippen LogP contribution in [0.5, 0.6) is 0 Å². The quantitative estimate of drug-likeness (QED) is 0.641. The van der Waals surface area contributed by atoms with E-state index in [2.05, 4.69) is 0 Å². The molecule has 0 bridgehead atoms. The number of ether oxygens (including phenoxy) is 1. The summed E-state index contributed by atoms with van der Waals surface area (Å²) < 4.78 is 5.36. The zero-order valence-corrected chi connectivity index (χ0v) is 13.5. The smallest absolute Gasteiger partial charge is 0.343 e. The van der Waals surface area contributed by atoms with Crippen molar-refractivity contribution in [3.8, 4) is 0 Å². The zero-order chi connectivity index (χ0) is 15.0. The number of benzene rings is 1. The molecule has 3 rings (SSSR count). The third-order valence-electron chi connectivity index (χ3n) is 3.79. The fourth-order valence-corrected chi connectivity index (χ4v) is 4.33. The van der Waals surface area contributed by atoms with Crippen molar-refractivity contribution in [2.45, 2.75) is 12.5 Å². The van der Waals surface area contributed by atoms with E-state index in [0.717, 1.165) is 16.1 Å². The van der Waals surface area contributed by atoms with Gasteiger partial charge in [0.05, 0.1) is 11.5 Å². The molecule has 108 valence electrons. The van der Waals surface area contributed by atoms with Crippen LogP contribution in [0.2, 0.25) is 0 Å². The summed E-state index contributed by atoms with van der Waals surface area (Å²) in [6, 6.07) is 11.7. The van der Waals surface area contributed by atoms with Crippen LogP contribution in [0.4, 0.5) is 5.69 Å². The van der Waals surface area contributed by atoms with E-state index in [-0.39, 0.29) is 5.97 Å². The Kier molecular flexibility index (Phi) is 3.55. The minimum absolute atomic E-state index is 0.309. The molecule has 0 fully saturated rings. The first-order valence-corrected chi connectivity index (χ1v) is 8.01. The molecule has 21 heavy (non-hydrogen) atoms. The molecule has 0 spiro atoms. The molecule has 2 heterocycles. The van der Waals surface area contributed by atoms with E-state index in [1.165, 1.54) is 11.3 Å². The molecule has 0 aliphatic carbocycles. The molecular weight excluding hydrogens is 302 g/mol. The van der Waals surface area contributed by atoms with Gasteiger partial charge in [0, 0.05) is 23.2 Å². The van der Waals surface area contributed by atoms with Crippen LogP contribution in [-0.4, -0.2) is 24.5 Å². The lowest BCUT2D eigenvalue weighted by atomic mass is 9.92. The number of carbonyl (C=O) groups excluding carboxylic acids is 1. The molecule has 0 saturated carbocycles. The molecule has 3 nitrogen and oxygen atoms in total. The van der Waals surface area contributed by atoms with Crippen molar-refractivity contribution in [2.24, 2.45) is 0 Å². The number of hydrogen-bond donors (Lipinski definition) is 0. The first-order chi connectivity index (χ1) is 10.1. The summed E-state index contributed by atoms with van der Waals surface area (Å²) in [6.45, 7) is 2.14. The molecule has 5 heteroatoms. The number of fused-ring (bicyclic) bond motifs is 1. The zero-order valence-electron chi connectivity index (χ0n) is 11.8. The van der Waals surface area contributed by atoms with Crippen LogP contribution in [0.25, 0.3) is 0 Å². The third kappa shape index (κ3) is 1.84. The first-order valence-electron chi connectivity index (χ1n) is 6.73. The maximum Gasteiger partial charge on any atom is 0.343 e. The second kappa shape index (κ2) is 5.24. The highest BCUT2D eigenvalue weighted by molar-refractivity contribution is 7.81. The van der Waals surface area contributed by atoms with Crippen molar-refractivity contribution >= 4 is 40.1 Å². The van der Waals surface area contributed by atoms with Gasteiger partial charge in [0.15, 0.2) is 0 Å². The number of para-hydroxylation sites is 1. The Morgan fingerprint density at radius 2 is 2.10 bits per heavy atom. The van der Waals surface area contributed by atoms with Gasteiger partial charge in [0.2, 0.25) is 5.54 Å². The largest absolute Gasteiger partial charge is 0.464 e. The Bertz CT molecular complexity index is 696. The summed E-state index contributed by atoms with van der Waals surface area (Å²) in [6.07, 6.45) is 0. The second-order valence-corrected chi connectivity index (χ2v) is 6.17. The molecule has 1 atom stereocenters.